The average molecular weight is 241 g/mol. The fourth-order valence-corrected chi connectivity index (χ4v) is 1.94. The van der Waals surface area contributed by atoms with Crippen molar-refractivity contribution in [2.45, 2.75) is 6.61 Å². The van der Waals surface area contributed by atoms with Crippen LogP contribution >= 0.6 is 0 Å². The first-order valence-corrected chi connectivity index (χ1v) is 5.58. The zero-order chi connectivity index (χ0) is 12.5. The molecular formula is C14H11NO3. The number of hydrogen-bond donors (Lipinski definition) is 0. The molecule has 0 saturated carbocycles. The van der Waals surface area contributed by atoms with Crippen LogP contribution in [0, 0.1) is 0 Å². The summed E-state index contributed by atoms with van der Waals surface area (Å²) >= 11 is 0. The Morgan fingerprint density at radius 1 is 1.22 bits per heavy atom. The van der Waals surface area contributed by atoms with Crippen molar-refractivity contribution in [3.8, 4) is 16.9 Å². The number of carbonyl (C=O) groups excluding carboxylic acids is 1. The summed E-state index contributed by atoms with van der Waals surface area (Å²) in [6.07, 6.45) is 1.75. The molecule has 0 spiro atoms. The number of esters is 1. The van der Waals surface area contributed by atoms with Crippen molar-refractivity contribution in [1.82, 2.24) is 4.98 Å². The lowest BCUT2D eigenvalue weighted by Crippen LogP contribution is -1.95. The minimum atomic E-state index is -0.298. The minimum absolute atomic E-state index is 0.275. The molecule has 0 N–H and O–H groups in total. The number of carbonyl (C=O) groups is 1. The van der Waals surface area contributed by atoms with E-state index in [0.29, 0.717) is 11.3 Å². The lowest BCUT2D eigenvalue weighted by Gasteiger charge is -2.04. The molecule has 1 aromatic carbocycles. The van der Waals surface area contributed by atoms with E-state index in [2.05, 4.69) is 4.98 Å². The number of ether oxygens (including phenoxy) is 2. The molecule has 0 bridgehead atoms. The molecule has 0 saturated heterocycles. The van der Waals surface area contributed by atoms with Crippen LogP contribution in [-0.2, 0) is 11.3 Å². The summed E-state index contributed by atoms with van der Waals surface area (Å²) in [4.78, 5) is 15.7. The Labute approximate surface area is 104 Å². The van der Waals surface area contributed by atoms with E-state index in [0.717, 1.165) is 16.9 Å². The highest BCUT2D eigenvalue weighted by molar-refractivity contribution is 5.94. The van der Waals surface area contributed by atoms with Crippen LogP contribution in [0.25, 0.3) is 11.1 Å². The minimum Gasteiger partial charge on any atom is -0.497 e. The molecule has 0 unspecified atom stereocenters. The zero-order valence-corrected chi connectivity index (χ0v) is 9.84. The molecule has 1 aliphatic rings. The number of methoxy groups -OCH3 is 1. The summed E-state index contributed by atoms with van der Waals surface area (Å²) in [6.45, 7) is 0.275. The van der Waals surface area contributed by atoms with E-state index in [1.165, 1.54) is 0 Å². The second-order valence-electron chi connectivity index (χ2n) is 4.02. The average Bonchev–Trinajstić information content (AvgIpc) is 2.80. The highest BCUT2D eigenvalue weighted by Crippen LogP contribution is 2.26. The molecule has 0 aliphatic carbocycles. The normalized spacial score (nSPS) is 13.1. The molecule has 0 amide bonds. The maximum Gasteiger partial charge on any atom is 0.340 e. The van der Waals surface area contributed by atoms with Gasteiger partial charge in [0.15, 0.2) is 0 Å². The SMILES string of the molecule is COc1ccc(-c2cnc3c(c2)C(=O)OC3)cc1. The maximum absolute atomic E-state index is 11.5. The Kier molecular flexibility index (Phi) is 2.48. The predicted molar refractivity (Wildman–Crippen MR) is 65.3 cm³/mol. The predicted octanol–water partition coefficient (Wildman–Crippen LogP) is 2.43. The van der Waals surface area contributed by atoms with Gasteiger partial charge < -0.3 is 9.47 Å². The number of fused-ring (bicyclic) bond motifs is 1. The quantitative estimate of drug-likeness (QED) is 0.758. The van der Waals surface area contributed by atoms with E-state index in [9.17, 15) is 4.79 Å². The molecule has 0 radical (unpaired) electrons. The van der Waals surface area contributed by atoms with Crippen molar-refractivity contribution in [3.63, 3.8) is 0 Å². The molecule has 2 heterocycles. The summed E-state index contributed by atoms with van der Waals surface area (Å²) in [5, 5.41) is 0. The first-order valence-electron chi connectivity index (χ1n) is 5.58. The first kappa shape index (κ1) is 10.8. The lowest BCUT2D eigenvalue weighted by atomic mass is 10.0. The van der Waals surface area contributed by atoms with Gasteiger partial charge in [-0.15, -0.1) is 0 Å². The van der Waals surface area contributed by atoms with E-state index >= 15 is 0 Å². The van der Waals surface area contributed by atoms with Gasteiger partial charge in [-0.1, -0.05) is 12.1 Å². The molecule has 18 heavy (non-hydrogen) atoms. The Bertz CT molecular complexity index is 605. The van der Waals surface area contributed by atoms with Gasteiger partial charge in [0.1, 0.15) is 12.4 Å². The van der Waals surface area contributed by atoms with E-state index in [1.54, 1.807) is 13.3 Å². The smallest absolute Gasteiger partial charge is 0.340 e. The molecule has 3 rings (SSSR count). The number of cyclic esters (lactones) is 1. The third kappa shape index (κ3) is 1.72. The van der Waals surface area contributed by atoms with E-state index in [-0.39, 0.29) is 12.6 Å². The molecule has 2 aromatic rings. The van der Waals surface area contributed by atoms with Crippen molar-refractivity contribution in [2.24, 2.45) is 0 Å². The van der Waals surface area contributed by atoms with Crippen LogP contribution in [-0.4, -0.2) is 18.1 Å². The molecule has 4 nitrogen and oxygen atoms in total. The Morgan fingerprint density at radius 2 is 2.00 bits per heavy atom. The van der Waals surface area contributed by atoms with E-state index in [4.69, 9.17) is 9.47 Å². The van der Waals surface area contributed by atoms with Gasteiger partial charge in [0.25, 0.3) is 0 Å². The second kappa shape index (κ2) is 4.14. The molecular weight excluding hydrogens is 230 g/mol. The van der Waals surface area contributed by atoms with Gasteiger partial charge in [0.05, 0.1) is 18.4 Å². The summed E-state index contributed by atoms with van der Waals surface area (Å²) < 4.78 is 10.0. The topological polar surface area (TPSA) is 48.4 Å². The van der Waals surface area contributed by atoms with Crippen LogP contribution in [0.15, 0.2) is 36.5 Å². The Hall–Kier alpha value is -2.36. The highest BCUT2D eigenvalue weighted by atomic mass is 16.5. The fourth-order valence-electron chi connectivity index (χ4n) is 1.94. The van der Waals surface area contributed by atoms with Crippen LogP contribution in [0.2, 0.25) is 0 Å². The van der Waals surface area contributed by atoms with Crippen molar-refractivity contribution in [3.05, 3.63) is 47.8 Å². The third-order valence-corrected chi connectivity index (χ3v) is 2.95. The van der Waals surface area contributed by atoms with Crippen molar-refractivity contribution >= 4 is 5.97 Å². The van der Waals surface area contributed by atoms with Gasteiger partial charge in [0.2, 0.25) is 0 Å². The van der Waals surface area contributed by atoms with Gasteiger partial charge in [-0.2, -0.15) is 0 Å². The number of pyridine rings is 1. The van der Waals surface area contributed by atoms with Crippen LogP contribution < -0.4 is 4.74 Å². The van der Waals surface area contributed by atoms with Gasteiger partial charge in [-0.05, 0) is 23.8 Å². The summed E-state index contributed by atoms with van der Waals surface area (Å²) in [7, 11) is 1.63. The Balaban J connectivity index is 2.01. The monoisotopic (exact) mass is 241 g/mol. The maximum atomic E-state index is 11.5. The lowest BCUT2D eigenvalue weighted by molar-refractivity contribution is 0.0533. The van der Waals surface area contributed by atoms with E-state index in [1.807, 2.05) is 30.3 Å². The molecule has 90 valence electrons. The molecule has 0 fully saturated rings. The van der Waals surface area contributed by atoms with Crippen LogP contribution in [0.4, 0.5) is 0 Å². The molecule has 0 atom stereocenters. The van der Waals surface area contributed by atoms with E-state index < -0.39 is 0 Å². The molecule has 1 aliphatic heterocycles. The number of hydrogen-bond acceptors (Lipinski definition) is 4. The van der Waals surface area contributed by atoms with Crippen LogP contribution in [0.1, 0.15) is 16.1 Å². The fraction of sp³-hybridized carbons (Fsp3) is 0.143. The number of nitrogens with zero attached hydrogens (tertiary/aromatic N) is 1. The van der Waals surface area contributed by atoms with Crippen LogP contribution in [0.5, 0.6) is 5.75 Å². The first-order chi connectivity index (χ1) is 8.78. The van der Waals surface area contributed by atoms with Gasteiger partial charge in [-0.25, -0.2) is 4.79 Å². The Morgan fingerprint density at radius 3 is 2.72 bits per heavy atom. The third-order valence-electron chi connectivity index (χ3n) is 2.95. The van der Waals surface area contributed by atoms with Gasteiger partial charge in [-0.3, -0.25) is 4.98 Å². The highest BCUT2D eigenvalue weighted by Gasteiger charge is 2.22. The summed E-state index contributed by atoms with van der Waals surface area (Å²) in [5.74, 6) is 0.500. The standard InChI is InChI=1S/C14H11NO3/c1-17-11-4-2-9(3-5-11)10-6-12-13(15-7-10)8-18-14(12)16/h2-7H,8H2,1H3. The molecule has 1 aromatic heterocycles. The van der Waals surface area contributed by atoms with Crippen molar-refractivity contribution < 1.29 is 14.3 Å². The number of rotatable bonds is 2. The number of aromatic nitrogens is 1. The second-order valence-corrected chi connectivity index (χ2v) is 4.02. The van der Waals surface area contributed by atoms with Gasteiger partial charge in [0, 0.05) is 11.8 Å². The zero-order valence-electron chi connectivity index (χ0n) is 9.84. The molecule has 4 heteroatoms. The number of benzene rings is 1. The summed E-state index contributed by atoms with van der Waals surface area (Å²) in [5.41, 5.74) is 3.15. The van der Waals surface area contributed by atoms with Gasteiger partial charge >= 0.3 is 5.97 Å². The largest absolute Gasteiger partial charge is 0.497 e. The summed E-state index contributed by atoms with van der Waals surface area (Å²) in [6, 6.07) is 9.44. The van der Waals surface area contributed by atoms with Crippen LogP contribution in [0.3, 0.4) is 0 Å². The van der Waals surface area contributed by atoms with Crippen molar-refractivity contribution in [2.75, 3.05) is 7.11 Å². The van der Waals surface area contributed by atoms with Crippen molar-refractivity contribution in [1.29, 1.82) is 0 Å².